The summed E-state index contributed by atoms with van der Waals surface area (Å²) in [5, 5.41) is 4.92. The lowest BCUT2D eigenvalue weighted by atomic mass is 10.0. The largest absolute Gasteiger partial charge is 0.493 e. The standard InChI is InChI=1S/C30H27N3O2S2/c1-3-16-35-26-15-14-23(17-21(26)2)28-24(20-33(31-28)25-12-8-5-9-13-25)18-27-29(34)32(30(36)37-27)19-22-10-6-4-7-11-22/h4-15,17-18,20H,3,16,19H2,1-2H3/b27-18+. The third-order valence-electron chi connectivity index (χ3n) is 6.02. The predicted octanol–water partition coefficient (Wildman–Crippen LogP) is 7.04. The van der Waals surface area contributed by atoms with Crippen LogP contribution < -0.4 is 4.74 Å². The highest BCUT2D eigenvalue weighted by Gasteiger charge is 2.32. The topological polar surface area (TPSA) is 47.4 Å². The van der Waals surface area contributed by atoms with Gasteiger partial charge in [0.2, 0.25) is 0 Å². The van der Waals surface area contributed by atoms with Crippen molar-refractivity contribution in [1.29, 1.82) is 0 Å². The summed E-state index contributed by atoms with van der Waals surface area (Å²) in [5.41, 5.74) is 5.63. The minimum Gasteiger partial charge on any atom is -0.493 e. The number of carbonyl (C=O) groups is 1. The number of carbonyl (C=O) groups excluding carboxylic acids is 1. The van der Waals surface area contributed by atoms with Crippen LogP contribution in [0.4, 0.5) is 0 Å². The molecule has 7 heteroatoms. The Kier molecular flexibility index (Phi) is 7.53. The molecule has 0 atom stereocenters. The molecule has 0 unspecified atom stereocenters. The molecule has 3 aromatic carbocycles. The van der Waals surface area contributed by atoms with Crippen molar-refractivity contribution in [3.05, 3.63) is 107 Å². The zero-order chi connectivity index (χ0) is 25.8. The maximum atomic E-state index is 13.4. The smallest absolute Gasteiger partial charge is 0.266 e. The molecule has 1 aromatic heterocycles. The number of nitrogens with zero attached hydrogens (tertiary/aromatic N) is 3. The first kappa shape index (κ1) is 25.0. The highest BCUT2D eigenvalue weighted by Crippen LogP contribution is 2.36. The molecule has 1 saturated heterocycles. The van der Waals surface area contributed by atoms with Crippen LogP contribution in [0.15, 0.2) is 90.0 Å². The number of amides is 1. The molecule has 4 aromatic rings. The van der Waals surface area contributed by atoms with Crippen molar-refractivity contribution in [2.45, 2.75) is 26.8 Å². The summed E-state index contributed by atoms with van der Waals surface area (Å²) in [6, 6.07) is 25.9. The molecular weight excluding hydrogens is 498 g/mol. The van der Waals surface area contributed by atoms with Crippen LogP contribution in [0, 0.1) is 6.92 Å². The summed E-state index contributed by atoms with van der Waals surface area (Å²) in [6.45, 7) is 5.27. The molecule has 2 heterocycles. The number of rotatable bonds is 8. The number of hydrogen-bond acceptors (Lipinski definition) is 5. The Hall–Kier alpha value is -3.68. The average molecular weight is 526 g/mol. The molecule has 0 spiro atoms. The van der Waals surface area contributed by atoms with Crippen molar-refractivity contribution < 1.29 is 9.53 Å². The van der Waals surface area contributed by atoms with Crippen molar-refractivity contribution in [1.82, 2.24) is 14.7 Å². The second-order valence-corrected chi connectivity index (χ2v) is 10.5. The van der Waals surface area contributed by atoms with Gasteiger partial charge in [0.25, 0.3) is 5.91 Å². The number of thiocarbonyl (C=S) groups is 1. The predicted molar refractivity (Wildman–Crippen MR) is 155 cm³/mol. The number of para-hydroxylation sites is 1. The van der Waals surface area contributed by atoms with Gasteiger partial charge in [0.1, 0.15) is 15.8 Å². The van der Waals surface area contributed by atoms with Crippen LogP contribution in [0.2, 0.25) is 0 Å². The van der Waals surface area contributed by atoms with Crippen LogP contribution in [-0.4, -0.2) is 31.5 Å². The van der Waals surface area contributed by atoms with Crippen molar-refractivity contribution >= 4 is 40.3 Å². The molecule has 5 rings (SSSR count). The van der Waals surface area contributed by atoms with Crippen LogP contribution >= 0.6 is 24.0 Å². The van der Waals surface area contributed by atoms with Gasteiger partial charge < -0.3 is 4.74 Å². The molecule has 37 heavy (non-hydrogen) atoms. The fourth-order valence-corrected chi connectivity index (χ4v) is 5.39. The summed E-state index contributed by atoms with van der Waals surface area (Å²) >= 11 is 6.91. The van der Waals surface area contributed by atoms with E-state index >= 15 is 0 Å². The first-order valence-corrected chi connectivity index (χ1v) is 13.4. The zero-order valence-electron chi connectivity index (χ0n) is 20.8. The fourth-order valence-electron chi connectivity index (χ4n) is 4.14. The van der Waals surface area contributed by atoms with E-state index < -0.39 is 0 Å². The Morgan fingerprint density at radius 2 is 1.76 bits per heavy atom. The molecule has 1 amide bonds. The molecule has 0 radical (unpaired) electrons. The van der Waals surface area contributed by atoms with Gasteiger partial charge in [-0.15, -0.1) is 0 Å². The summed E-state index contributed by atoms with van der Waals surface area (Å²) < 4.78 is 8.28. The number of hydrogen-bond donors (Lipinski definition) is 0. The van der Waals surface area contributed by atoms with Crippen molar-refractivity contribution in [3.8, 4) is 22.7 Å². The van der Waals surface area contributed by atoms with Gasteiger partial charge >= 0.3 is 0 Å². The van der Waals surface area contributed by atoms with Crippen LogP contribution in [0.25, 0.3) is 23.0 Å². The fraction of sp³-hybridized carbons (Fsp3) is 0.167. The van der Waals surface area contributed by atoms with E-state index in [-0.39, 0.29) is 5.91 Å². The Balaban J connectivity index is 1.52. The van der Waals surface area contributed by atoms with Gasteiger partial charge in [-0.1, -0.05) is 79.4 Å². The number of thioether (sulfide) groups is 1. The lowest BCUT2D eigenvalue weighted by Crippen LogP contribution is -2.27. The third-order valence-corrected chi connectivity index (χ3v) is 7.39. The van der Waals surface area contributed by atoms with E-state index in [4.69, 9.17) is 22.1 Å². The molecule has 1 fully saturated rings. The van der Waals surface area contributed by atoms with E-state index in [1.807, 2.05) is 96.7 Å². The van der Waals surface area contributed by atoms with Crippen LogP contribution in [0.1, 0.15) is 30.0 Å². The molecular formula is C30H27N3O2S2. The first-order valence-electron chi connectivity index (χ1n) is 12.2. The number of benzene rings is 3. The molecule has 0 saturated carbocycles. The van der Waals surface area contributed by atoms with Crippen LogP contribution in [0.5, 0.6) is 5.75 Å². The third kappa shape index (κ3) is 5.53. The minimum atomic E-state index is -0.0863. The Morgan fingerprint density at radius 1 is 1.03 bits per heavy atom. The van der Waals surface area contributed by atoms with E-state index in [0.29, 0.717) is 22.4 Å². The second-order valence-electron chi connectivity index (χ2n) is 8.80. The molecule has 0 aliphatic carbocycles. The van der Waals surface area contributed by atoms with E-state index in [1.54, 1.807) is 4.90 Å². The Bertz CT molecular complexity index is 1460. The highest BCUT2D eigenvalue weighted by atomic mass is 32.2. The Labute approximate surface area is 226 Å². The monoisotopic (exact) mass is 525 g/mol. The van der Waals surface area contributed by atoms with Crippen LogP contribution in [0.3, 0.4) is 0 Å². The summed E-state index contributed by atoms with van der Waals surface area (Å²) in [6.07, 6.45) is 4.82. The number of ether oxygens (including phenoxy) is 1. The van der Waals surface area contributed by atoms with Gasteiger partial charge in [0, 0.05) is 17.3 Å². The molecule has 5 nitrogen and oxygen atoms in total. The number of aryl methyl sites for hydroxylation is 1. The summed E-state index contributed by atoms with van der Waals surface area (Å²) in [4.78, 5) is 15.6. The molecule has 1 aliphatic rings. The minimum absolute atomic E-state index is 0.0863. The zero-order valence-corrected chi connectivity index (χ0v) is 22.4. The van der Waals surface area contributed by atoms with E-state index in [0.717, 1.165) is 45.8 Å². The van der Waals surface area contributed by atoms with Crippen molar-refractivity contribution in [2.75, 3.05) is 6.61 Å². The van der Waals surface area contributed by atoms with Gasteiger partial charge in [0.05, 0.1) is 23.7 Å². The van der Waals surface area contributed by atoms with Gasteiger partial charge in [-0.25, -0.2) is 4.68 Å². The average Bonchev–Trinajstić information content (AvgIpc) is 3.45. The SMILES string of the molecule is CCCOc1ccc(-c2nn(-c3ccccc3)cc2/C=C2/SC(=S)N(Cc3ccccc3)C2=O)cc1C. The van der Waals surface area contributed by atoms with Gasteiger partial charge in [-0.3, -0.25) is 9.69 Å². The van der Waals surface area contributed by atoms with E-state index in [1.165, 1.54) is 11.8 Å². The van der Waals surface area contributed by atoms with Gasteiger partial charge in [0.15, 0.2) is 0 Å². The van der Waals surface area contributed by atoms with E-state index in [9.17, 15) is 4.79 Å². The number of aromatic nitrogens is 2. The molecule has 186 valence electrons. The maximum absolute atomic E-state index is 13.4. The molecule has 0 N–H and O–H groups in total. The lowest BCUT2D eigenvalue weighted by molar-refractivity contribution is -0.122. The highest BCUT2D eigenvalue weighted by molar-refractivity contribution is 8.26. The summed E-state index contributed by atoms with van der Waals surface area (Å²) in [5.74, 6) is 0.785. The second kappa shape index (κ2) is 11.2. The molecule has 1 aliphatic heterocycles. The van der Waals surface area contributed by atoms with Crippen molar-refractivity contribution in [2.24, 2.45) is 0 Å². The normalized spacial score (nSPS) is 14.5. The first-order chi connectivity index (χ1) is 18.0. The van der Waals surface area contributed by atoms with Crippen molar-refractivity contribution in [3.63, 3.8) is 0 Å². The lowest BCUT2D eigenvalue weighted by Gasteiger charge is -2.14. The van der Waals surface area contributed by atoms with Crippen LogP contribution in [-0.2, 0) is 11.3 Å². The molecule has 0 bridgehead atoms. The maximum Gasteiger partial charge on any atom is 0.266 e. The summed E-state index contributed by atoms with van der Waals surface area (Å²) in [7, 11) is 0. The quantitative estimate of drug-likeness (QED) is 0.182. The van der Waals surface area contributed by atoms with Gasteiger partial charge in [-0.05, 0) is 60.9 Å². The Morgan fingerprint density at radius 3 is 2.46 bits per heavy atom. The van der Waals surface area contributed by atoms with Gasteiger partial charge in [-0.2, -0.15) is 5.10 Å². The van der Waals surface area contributed by atoms with E-state index in [2.05, 4.69) is 13.0 Å².